The van der Waals surface area contributed by atoms with E-state index in [-0.39, 0.29) is 11.7 Å². The van der Waals surface area contributed by atoms with Crippen LogP contribution >= 0.6 is 0 Å². The van der Waals surface area contributed by atoms with Crippen molar-refractivity contribution in [2.45, 2.75) is 38.3 Å². The second kappa shape index (κ2) is 6.47. The largest absolute Gasteiger partial charge is 0.480 e. The molecule has 2 heterocycles. The molecule has 20 heavy (non-hydrogen) atoms. The van der Waals surface area contributed by atoms with Gasteiger partial charge in [0.2, 0.25) is 0 Å². The van der Waals surface area contributed by atoms with Crippen molar-refractivity contribution in [3.05, 3.63) is 11.9 Å². The van der Waals surface area contributed by atoms with Crippen LogP contribution in [-0.4, -0.2) is 51.1 Å². The molecule has 0 aliphatic carbocycles. The number of aromatic nitrogens is 3. The Bertz CT molecular complexity index is 483. The Balaban J connectivity index is 1.95. The van der Waals surface area contributed by atoms with Gasteiger partial charge in [-0.15, -0.1) is 5.10 Å². The maximum absolute atomic E-state index is 12.0. The third-order valence-electron chi connectivity index (χ3n) is 3.33. The van der Waals surface area contributed by atoms with E-state index in [2.05, 4.69) is 20.9 Å². The first-order valence-corrected chi connectivity index (χ1v) is 6.78. The van der Waals surface area contributed by atoms with Gasteiger partial charge in [0.25, 0.3) is 5.91 Å². The molecule has 1 atom stereocenters. The van der Waals surface area contributed by atoms with Gasteiger partial charge in [0, 0.05) is 13.1 Å². The van der Waals surface area contributed by atoms with Gasteiger partial charge in [-0.2, -0.15) is 0 Å². The molecule has 0 spiro atoms. The van der Waals surface area contributed by atoms with Crippen molar-refractivity contribution in [1.82, 2.24) is 25.6 Å². The maximum Gasteiger partial charge on any atom is 0.326 e. The van der Waals surface area contributed by atoms with Crippen LogP contribution < -0.4 is 10.6 Å². The van der Waals surface area contributed by atoms with Gasteiger partial charge >= 0.3 is 5.97 Å². The number of unbranched alkanes of at least 4 members (excludes halogenated alkanes) is 1. The fraction of sp³-hybridized carbons (Fsp3) is 0.667. The van der Waals surface area contributed by atoms with Crippen LogP contribution in [0.1, 0.15) is 42.7 Å². The SMILES string of the molecule is CCCC[C@H](NC(=O)c1cn(C2CNC2)nn1)C(=O)O. The van der Waals surface area contributed by atoms with Crippen LogP contribution in [0, 0.1) is 0 Å². The fourth-order valence-electron chi connectivity index (χ4n) is 1.92. The van der Waals surface area contributed by atoms with Crippen molar-refractivity contribution in [1.29, 1.82) is 0 Å². The van der Waals surface area contributed by atoms with E-state index in [0.717, 1.165) is 25.9 Å². The number of nitrogens with zero attached hydrogens (tertiary/aromatic N) is 3. The van der Waals surface area contributed by atoms with Gasteiger partial charge in [0.1, 0.15) is 6.04 Å². The molecule has 8 nitrogen and oxygen atoms in total. The zero-order chi connectivity index (χ0) is 14.5. The Morgan fingerprint density at radius 3 is 2.90 bits per heavy atom. The standard InChI is InChI=1S/C12H19N5O3/c1-2-3-4-9(12(19)20)14-11(18)10-7-17(16-15-10)8-5-13-6-8/h7-9,13H,2-6H2,1H3,(H,14,18)(H,19,20)/t9-/m0/s1. The maximum atomic E-state index is 12.0. The molecule has 0 saturated carbocycles. The number of amides is 1. The number of carbonyl (C=O) groups is 2. The van der Waals surface area contributed by atoms with Crippen molar-refractivity contribution < 1.29 is 14.7 Å². The summed E-state index contributed by atoms with van der Waals surface area (Å²) >= 11 is 0. The van der Waals surface area contributed by atoms with Crippen LogP contribution in [0.2, 0.25) is 0 Å². The van der Waals surface area contributed by atoms with Crippen molar-refractivity contribution in [3.8, 4) is 0 Å². The summed E-state index contributed by atoms with van der Waals surface area (Å²) in [6.45, 7) is 3.58. The van der Waals surface area contributed by atoms with Crippen LogP contribution in [-0.2, 0) is 4.79 Å². The van der Waals surface area contributed by atoms with Gasteiger partial charge in [-0.05, 0) is 6.42 Å². The molecule has 1 saturated heterocycles. The van der Waals surface area contributed by atoms with Crippen LogP contribution in [0.4, 0.5) is 0 Å². The molecule has 8 heteroatoms. The minimum Gasteiger partial charge on any atom is -0.480 e. The summed E-state index contributed by atoms with van der Waals surface area (Å²) in [4.78, 5) is 23.0. The van der Waals surface area contributed by atoms with E-state index in [0.29, 0.717) is 6.42 Å². The normalized spacial score (nSPS) is 16.4. The van der Waals surface area contributed by atoms with Gasteiger partial charge < -0.3 is 15.7 Å². The summed E-state index contributed by atoms with van der Waals surface area (Å²) < 4.78 is 1.63. The lowest BCUT2D eigenvalue weighted by Gasteiger charge is -2.26. The van der Waals surface area contributed by atoms with E-state index < -0.39 is 17.9 Å². The van der Waals surface area contributed by atoms with Gasteiger partial charge in [-0.3, -0.25) is 4.79 Å². The lowest BCUT2D eigenvalue weighted by molar-refractivity contribution is -0.139. The van der Waals surface area contributed by atoms with Gasteiger partial charge in [0.15, 0.2) is 5.69 Å². The second-order valence-corrected chi connectivity index (χ2v) is 4.90. The zero-order valence-corrected chi connectivity index (χ0v) is 11.4. The van der Waals surface area contributed by atoms with E-state index in [1.54, 1.807) is 10.9 Å². The quantitative estimate of drug-likeness (QED) is 0.638. The molecular weight excluding hydrogens is 262 g/mol. The van der Waals surface area contributed by atoms with Crippen molar-refractivity contribution in [3.63, 3.8) is 0 Å². The number of aliphatic carboxylic acids is 1. The van der Waals surface area contributed by atoms with Crippen molar-refractivity contribution >= 4 is 11.9 Å². The Hall–Kier alpha value is -1.96. The Morgan fingerprint density at radius 1 is 1.60 bits per heavy atom. The molecule has 3 N–H and O–H groups in total. The molecule has 1 amide bonds. The van der Waals surface area contributed by atoms with E-state index in [4.69, 9.17) is 5.11 Å². The number of carboxylic acids is 1. The smallest absolute Gasteiger partial charge is 0.326 e. The third-order valence-corrected chi connectivity index (χ3v) is 3.33. The van der Waals surface area contributed by atoms with Gasteiger partial charge in [-0.1, -0.05) is 25.0 Å². The highest BCUT2D eigenvalue weighted by Crippen LogP contribution is 2.10. The predicted octanol–water partition coefficient (Wildman–Crippen LogP) is -0.204. The third kappa shape index (κ3) is 3.32. The molecule has 1 aliphatic heterocycles. The fourth-order valence-corrected chi connectivity index (χ4v) is 1.92. The van der Waals surface area contributed by atoms with Crippen LogP contribution in [0.5, 0.6) is 0 Å². The minimum atomic E-state index is -1.03. The molecule has 1 aliphatic rings. The zero-order valence-electron chi connectivity index (χ0n) is 11.4. The van der Waals surface area contributed by atoms with E-state index >= 15 is 0 Å². The minimum absolute atomic E-state index is 0.152. The summed E-state index contributed by atoms with van der Waals surface area (Å²) in [6.07, 6.45) is 3.60. The number of hydrogen-bond donors (Lipinski definition) is 3. The molecule has 0 aromatic carbocycles. The molecule has 0 bridgehead atoms. The van der Waals surface area contributed by atoms with Crippen LogP contribution in [0.15, 0.2) is 6.20 Å². The molecule has 1 aromatic heterocycles. The topological polar surface area (TPSA) is 109 Å². The number of carboxylic acid groups (broad SMARTS) is 1. The Labute approximate surface area is 116 Å². The lowest BCUT2D eigenvalue weighted by atomic mass is 10.1. The second-order valence-electron chi connectivity index (χ2n) is 4.90. The summed E-state index contributed by atoms with van der Waals surface area (Å²) in [6, 6.07) is -0.655. The van der Waals surface area contributed by atoms with Gasteiger partial charge in [-0.25, -0.2) is 9.48 Å². The first kappa shape index (κ1) is 14.4. The Kier molecular flexibility index (Phi) is 4.67. The van der Waals surface area contributed by atoms with Crippen molar-refractivity contribution in [2.24, 2.45) is 0 Å². The number of rotatable bonds is 7. The van der Waals surface area contributed by atoms with Crippen LogP contribution in [0.3, 0.4) is 0 Å². The van der Waals surface area contributed by atoms with E-state index in [9.17, 15) is 9.59 Å². The van der Waals surface area contributed by atoms with Gasteiger partial charge in [0.05, 0.1) is 12.2 Å². The van der Waals surface area contributed by atoms with E-state index in [1.165, 1.54) is 0 Å². The molecule has 2 rings (SSSR count). The molecular formula is C12H19N5O3. The van der Waals surface area contributed by atoms with Crippen LogP contribution in [0.25, 0.3) is 0 Å². The van der Waals surface area contributed by atoms with Crippen molar-refractivity contribution in [2.75, 3.05) is 13.1 Å². The monoisotopic (exact) mass is 281 g/mol. The summed E-state index contributed by atoms with van der Waals surface area (Å²) in [5.74, 6) is -1.52. The highest BCUT2D eigenvalue weighted by atomic mass is 16.4. The number of hydrogen-bond acceptors (Lipinski definition) is 5. The molecule has 110 valence electrons. The Morgan fingerprint density at radius 2 is 2.35 bits per heavy atom. The predicted molar refractivity (Wildman–Crippen MR) is 70.3 cm³/mol. The first-order chi connectivity index (χ1) is 9.61. The molecule has 1 fully saturated rings. The molecule has 0 unspecified atom stereocenters. The lowest BCUT2D eigenvalue weighted by Crippen LogP contribution is -2.43. The summed E-state index contributed by atoms with van der Waals surface area (Å²) in [5.41, 5.74) is 0.152. The molecule has 0 radical (unpaired) electrons. The van der Waals surface area contributed by atoms with E-state index in [1.807, 2.05) is 6.92 Å². The number of nitrogens with one attached hydrogen (secondary N) is 2. The highest BCUT2D eigenvalue weighted by molar-refractivity contribution is 5.94. The summed E-state index contributed by atoms with van der Waals surface area (Å²) in [7, 11) is 0. The average molecular weight is 281 g/mol. The average Bonchev–Trinajstić information content (AvgIpc) is 2.81. The summed E-state index contributed by atoms with van der Waals surface area (Å²) in [5, 5.41) is 22.3. The highest BCUT2D eigenvalue weighted by Gasteiger charge is 2.24. The molecule has 1 aromatic rings. The first-order valence-electron chi connectivity index (χ1n) is 6.78. The number of carbonyl (C=O) groups excluding carboxylic acids is 1.